The van der Waals surface area contributed by atoms with Gasteiger partial charge in [-0.3, -0.25) is 9.10 Å². The van der Waals surface area contributed by atoms with Crippen molar-refractivity contribution in [2.45, 2.75) is 58.7 Å². The number of aliphatic hydroxyl groups is 1. The van der Waals surface area contributed by atoms with Crippen LogP contribution in [0.5, 0.6) is 0 Å². The summed E-state index contributed by atoms with van der Waals surface area (Å²) in [6.45, 7) is 7.98. The zero-order valence-corrected chi connectivity index (χ0v) is 25.0. The van der Waals surface area contributed by atoms with Gasteiger partial charge in [0.25, 0.3) is 5.91 Å². The zero-order chi connectivity index (χ0) is 29.4. The van der Waals surface area contributed by atoms with Crippen LogP contribution in [0.15, 0.2) is 66.7 Å². The third-order valence-electron chi connectivity index (χ3n) is 7.24. The maximum atomic E-state index is 13.6. The Morgan fingerprint density at radius 1 is 0.976 bits per heavy atom. The quantitative estimate of drug-likeness (QED) is 0.257. The third-order valence-corrected chi connectivity index (χ3v) is 9.11. The van der Waals surface area contributed by atoms with Crippen molar-refractivity contribution in [3.63, 3.8) is 0 Å². The van der Waals surface area contributed by atoms with E-state index in [0.717, 1.165) is 17.5 Å². The number of aryl methyl sites for hydroxylation is 2. The zero-order valence-electron chi connectivity index (χ0n) is 24.2. The number of anilines is 2. The van der Waals surface area contributed by atoms with Gasteiger partial charge in [-0.1, -0.05) is 59.7 Å². The molecular weight excluding hydrogens is 536 g/mol. The van der Waals surface area contributed by atoms with Gasteiger partial charge in [0.1, 0.15) is 0 Å². The lowest BCUT2D eigenvalue weighted by Crippen LogP contribution is -2.48. The molecule has 0 aliphatic carbocycles. The van der Waals surface area contributed by atoms with Gasteiger partial charge in [0.2, 0.25) is 10.0 Å². The Hall–Kier alpha value is -3.40. The number of benzene rings is 3. The van der Waals surface area contributed by atoms with E-state index in [-0.39, 0.29) is 11.7 Å². The number of carbonyl (C=O) groups excluding carboxylic acids is 1. The van der Waals surface area contributed by atoms with E-state index in [1.54, 1.807) is 18.2 Å². The summed E-state index contributed by atoms with van der Waals surface area (Å²) in [6, 6.07) is 20.7. The average Bonchev–Trinajstić information content (AvgIpc) is 2.92. The Labute approximate surface area is 244 Å². The third kappa shape index (κ3) is 8.55. The summed E-state index contributed by atoms with van der Waals surface area (Å²) in [5.74, 6) is -0.268. The van der Waals surface area contributed by atoms with Gasteiger partial charge in [-0.15, -0.1) is 0 Å². The lowest BCUT2D eigenvalue weighted by molar-refractivity contribution is 0.0830. The molecular formula is C32H42N4O4S. The summed E-state index contributed by atoms with van der Waals surface area (Å²) in [5, 5.41) is 20.8. The molecule has 1 saturated heterocycles. The number of hydrogen-bond donors (Lipinski definition) is 4. The van der Waals surface area contributed by atoms with Gasteiger partial charge < -0.3 is 21.1 Å². The molecule has 1 aliphatic heterocycles. The number of nitrogens with zero attached hydrogens (tertiary/aromatic N) is 1. The van der Waals surface area contributed by atoms with Crippen LogP contribution in [-0.4, -0.2) is 57.0 Å². The molecule has 41 heavy (non-hydrogen) atoms. The largest absolute Gasteiger partial charge is 0.390 e. The predicted octanol–water partition coefficient (Wildman–Crippen LogP) is 4.16. The molecule has 9 heteroatoms. The van der Waals surface area contributed by atoms with Crippen molar-refractivity contribution in [3.8, 4) is 0 Å². The second-order valence-electron chi connectivity index (χ2n) is 10.9. The molecule has 3 aromatic carbocycles. The first-order valence-electron chi connectivity index (χ1n) is 14.3. The van der Waals surface area contributed by atoms with Crippen molar-refractivity contribution >= 4 is 27.3 Å². The summed E-state index contributed by atoms with van der Waals surface area (Å²) in [4.78, 5) is 13.6. The highest BCUT2D eigenvalue weighted by Gasteiger charge is 2.28. The van der Waals surface area contributed by atoms with E-state index in [4.69, 9.17) is 0 Å². The van der Waals surface area contributed by atoms with Crippen LogP contribution in [0.2, 0.25) is 0 Å². The highest BCUT2D eigenvalue weighted by Crippen LogP contribution is 2.28. The lowest BCUT2D eigenvalue weighted by atomic mass is 10.00. The maximum Gasteiger partial charge on any atom is 0.251 e. The second-order valence-corrected chi connectivity index (χ2v) is 12.9. The van der Waals surface area contributed by atoms with Crippen molar-refractivity contribution in [2.75, 3.05) is 35.0 Å². The van der Waals surface area contributed by atoms with E-state index in [1.807, 2.05) is 37.3 Å². The number of rotatable bonds is 12. The van der Waals surface area contributed by atoms with Crippen LogP contribution in [0.4, 0.5) is 11.4 Å². The number of amides is 1. The minimum absolute atomic E-state index is 0.0976. The van der Waals surface area contributed by atoms with Crippen LogP contribution in [0.3, 0.4) is 0 Å². The Morgan fingerprint density at radius 3 is 2.39 bits per heavy atom. The fourth-order valence-electron chi connectivity index (χ4n) is 5.35. The van der Waals surface area contributed by atoms with Crippen molar-refractivity contribution in [1.82, 2.24) is 10.6 Å². The summed E-state index contributed by atoms with van der Waals surface area (Å²) >= 11 is 0. The van der Waals surface area contributed by atoms with Crippen LogP contribution in [0.1, 0.15) is 52.4 Å². The molecule has 8 nitrogen and oxygen atoms in total. The Morgan fingerprint density at radius 2 is 1.71 bits per heavy atom. The predicted molar refractivity (Wildman–Crippen MR) is 166 cm³/mol. The first-order chi connectivity index (χ1) is 19.6. The highest BCUT2D eigenvalue weighted by atomic mass is 32.2. The topological polar surface area (TPSA) is 111 Å². The Kier molecular flexibility index (Phi) is 10.4. The van der Waals surface area contributed by atoms with Crippen molar-refractivity contribution in [3.05, 3.63) is 94.5 Å². The average molecular weight is 579 g/mol. The van der Waals surface area contributed by atoms with E-state index < -0.39 is 22.2 Å². The Bertz CT molecular complexity index is 1410. The van der Waals surface area contributed by atoms with Crippen LogP contribution in [0, 0.1) is 13.8 Å². The monoisotopic (exact) mass is 578 g/mol. The molecule has 1 aliphatic rings. The van der Waals surface area contributed by atoms with Gasteiger partial charge in [-0.2, -0.15) is 0 Å². The molecule has 0 radical (unpaired) electrons. The molecule has 0 spiro atoms. The van der Waals surface area contributed by atoms with Gasteiger partial charge in [0, 0.05) is 37.4 Å². The van der Waals surface area contributed by atoms with Gasteiger partial charge in [-0.05, 0) is 69.4 Å². The minimum atomic E-state index is -3.44. The number of sulfonamides is 1. The van der Waals surface area contributed by atoms with E-state index in [2.05, 4.69) is 48.0 Å². The number of carbonyl (C=O) groups is 1. The highest BCUT2D eigenvalue weighted by molar-refractivity contribution is 7.92. The number of hydrogen-bond acceptors (Lipinski definition) is 6. The van der Waals surface area contributed by atoms with Gasteiger partial charge >= 0.3 is 0 Å². The fraction of sp³-hybridized carbons (Fsp3) is 0.406. The normalized spacial score (nSPS) is 16.1. The van der Waals surface area contributed by atoms with Crippen molar-refractivity contribution in [1.29, 1.82) is 0 Å². The molecule has 4 rings (SSSR count). The van der Waals surface area contributed by atoms with E-state index in [0.29, 0.717) is 56.0 Å². The van der Waals surface area contributed by atoms with Crippen molar-refractivity contribution < 1.29 is 18.3 Å². The number of aliphatic hydroxyl groups excluding tert-OH is 1. The Balaban J connectivity index is 1.53. The second kappa shape index (κ2) is 14.0. The van der Waals surface area contributed by atoms with E-state index in [9.17, 15) is 18.3 Å². The van der Waals surface area contributed by atoms with Crippen LogP contribution in [0.25, 0.3) is 0 Å². The molecule has 2 atom stereocenters. The SMILES string of the molecule is CCNc1cc(C(=O)N[C@@H](Cc2ccccc2)[C@H](O)CNCc2cc(C)cc(C)c2)cc(N2CCCCS2(=O)=O)c1. The van der Waals surface area contributed by atoms with Gasteiger partial charge in [-0.25, -0.2) is 8.42 Å². The van der Waals surface area contributed by atoms with Gasteiger partial charge in [0.05, 0.1) is 23.6 Å². The molecule has 0 bridgehead atoms. The summed E-state index contributed by atoms with van der Waals surface area (Å²) < 4.78 is 27.0. The molecule has 1 fully saturated rings. The van der Waals surface area contributed by atoms with Crippen molar-refractivity contribution in [2.24, 2.45) is 0 Å². The smallest absolute Gasteiger partial charge is 0.251 e. The summed E-state index contributed by atoms with van der Waals surface area (Å²) in [5.41, 5.74) is 6.00. The van der Waals surface area contributed by atoms with Crippen LogP contribution in [-0.2, 0) is 23.0 Å². The molecule has 0 aromatic heterocycles. The lowest BCUT2D eigenvalue weighted by Gasteiger charge is -2.29. The molecule has 3 aromatic rings. The standard InChI is InChI=1S/C32H42N4O4S/c1-4-34-28-18-27(19-29(20-28)36-12-8-9-13-41(36,39)40)32(38)35-30(17-25-10-6-5-7-11-25)31(37)22-33-21-26-15-23(2)14-24(3)16-26/h5-7,10-11,14-16,18-20,30-31,33-34,37H,4,8-9,12-13,17,21-22H2,1-3H3,(H,35,38)/t30-,31+/m0/s1. The van der Waals surface area contributed by atoms with E-state index in [1.165, 1.54) is 15.4 Å². The fourth-order valence-corrected chi connectivity index (χ4v) is 6.98. The first kappa shape index (κ1) is 30.6. The van der Waals surface area contributed by atoms with Crippen LogP contribution < -0.4 is 20.3 Å². The first-order valence-corrected chi connectivity index (χ1v) is 16.0. The molecule has 1 heterocycles. The molecule has 0 saturated carbocycles. The maximum absolute atomic E-state index is 13.6. The molecule has 220 valence electrons. The molecule has 0 unspecified atom stereocenters. The summed E-state index contributed by atoms with van der Waals surface area (Å²) in [6.07, 6.45) is 0.991. The molecule has 4 N–H and O–H groups in total. The summed E-state index contributed by atoms with van der Waals surface area (Å²) in [7, 11) is -3.44. The molecule has 1 amide bonds. The van der Waals surface area contributed by atoms with Gasteiger partial charge in [0.15, 0.2) is 0 Å². The number of nitrogens with one attached hydrogen (secondary N) is 3. The van der Waals surface area contributed by atoms with E-state index >= 15 is 0 Å². The minimum Gasteiger partial charge on any atom is -0.390 e. The van der Waals surface area contributed by atoms with Crippen LogP contribution >= 0.6 is 0 Å².